The summed E-state index contributed by atoms with van der Waals surface area (Å²) < 4.78 is 1.12. The average Bonchev–Trinajstić information content (AvgIpc) is 2.41. The second-order valence-corrected chi connectivity index (χ2v) is 5.60. The average molecular weight is 304 g/mol. The second-order valence-electron chi connectivity index (χ2n) is 4.68. The van der Waals surface area contributed by atoms with Crippen molar-refractivity contribution < 1.29 is 0 Å². The van der Waals surface area contributed by atoms with Crippen molar-refractivity contribution in [1.29, 1.82) is 0 Å². The van der Waals surface area contributed by atoms with Gasteiger partial charge >= 0.3 is 0 Å². The minimum absolute atomic E-state index is 0.437. The highest BCUT2D eigenvalue weighted by Crippen LogP contribution is 2.17. The fourth-order valence-corrected chi connectivity index (χ4v) is 2.20. The summed E-state index contributed by atoms with van der Waals surface area (Å²) in [4.78, 5) is 0. The minimum atomic E-state index is 0.437. The van der Waals surface area contributed by atoms with Crippen LogP contribution >= 0.6 is 15.9 Å². The molecular weight excluding hydrogens is 286 g/mol. The summed E-state index contributed by atoms with van der Waals surface area (Å²) in [5.41, 5.74) is 9.66. The smallest absolute Gasteiger partial charge is 0.0175 e. The summed E-state index contributed by atoms with van der Waals surface area (Å²) in [7, 11) is 0. The van der Waals surface area contributed by atoms with Gasteiger partial charge in [-0.2, -0.15) is 0 Å². The molecule has 0 heterocycles. The monoisotopic (exact) mass is 303 g/mol. The molecule has 0 saturated carbocycles. The molecule has 2 N–H and O–H groups in total. The predicted molar refractivity (Wildman–Crippen MR) is 80.9 cm³/mol. The van der Waals surface area contributed by atoms with Gasteiger partial charge in [0.15, 0.2) is 0 Å². The molecule has 0 aromatic heterocycles. The molecule has 0 saturated heterocycles. The van der Waals surface area contributed by atoms with E-state index < -0.39 is 0 Å². The van der Waals surface area contributed by atoms with Gasteiger partial charge in [0.05, 0.1) is 0 Å². The maximum atomic E-state index is 5.68. The lowest BCUT2D eigenvalue weighted by molar-refractivity contribution is 0.773. The van der Waals surface area contributed by atoms with Gasteiger partial charge in [0.2, 0.25) is 0 Å². The van der Waals surface area contributed by atoms with Gasteiger partial charge in [-0.25, -0.2) is 0 Å². The topological polar surface area (TPSA) is 26.0 Å². The molecule has 0 aliphatic carbocycles. The van der Waals surface area contributed by atoms with Crippen LogP contribution in [0.2, 0.25) is 0 Å². The van der Waals surface area contributed by atoms with Crippen molar-refractivity contribution in [2.24, 2.45) is 5.73 Å². The van der Waals surface area contributed by atoms with Crippen molar-refractivity contribution in [3.63, 3.8) is 0 Å². The molecule has 1 unspecified atom stereocenters. The molecule has 0 aliphatic rings. The third-order valence-corrected chi connectivity index (χ3v) is 3.75. The zero-order valence-electron chi connectivity index (χ0n) is 10.6. The van der Waals surface area contributed by atoms with Crippen LogP contribution in [0.3, 0.4) is 0 Å². The highest BCUT2D eigenvalue weighted by atomic mass is 79.9. The summed E-state index contributed by atoms with van der Waals surface area (Å²) in [5, 5.41) is 0. The SMILES string of the molecule is CC(CN)c1ccc(Cc2ccc(Br)cc2)cc1. The Labute approximate surface area is 117 Å². The Kier molecular flexibility index (Phi) is 4.56. The molecule has 94 valence electrons. The van der Waals surface area contributed by atoms with E-state index in [9.17, 15) is 0 Å². The van der Waals surface area contributed by atoms with Crippen molar-refractivity contribution in [2.75, 3.05) is 6.54 Å². The third-order valence-electron chi connectivity index (χ3n) is 3.22. The largest absolute Gasteiger partial charge is 0.330 e. The van der Waals surface area contributed by atoms with Crippen molar-refractivity contribution in [2.45, 2.75) is 19.3 Å². The van der Waals surface area contributed by atoms with E-state index >= 15 is 0 Å². The van der Waals surface area contributed by atoms with E-state index in [0.717, 1.165) is 10.9 Å². The standard InChI is InChI=1S/C16H18BrN/c1-12(11-18)15-6-2-13(3-7-15)10-14-4-8-16(17)9-5-14/h2-9,12H,10-11,18H2,1H3. The lowest BCUT2D eigenvalue weighted by Gasteiger charge is -2.09. The predicted octanol–water partition coefficient (Wildman–Crippen LogP) is 4.10. The first-order valence-electron chi connectivity index (χ1n) is 6.22. The van der Waals surface area contributed by atoms with E-state index in [-0.39, 0.29) is 0 Å². The Balaban J connectivity index is 2.08. The molecule has 0 aliphatic heterocycles. The Bertz CT molecular complexity index is 488. The van der Waals surface area contributed by atoms with Crippen LogP contribution in [0, 0.1) is 0 Å². The molecule has 0 bridgehead atoms. The summed E-state index contributed by atoms with van der Waals surface area (Å²) >= 11 is 3.45. The molecule has 0 fully saturated rings. The lowest BCUT2D eigenvalue weighted by Crippen LogP contribution is -2.08. The van der Waals surface area contributed by atoms with Crippen LogP contribution in [0.5, 0.6) is 0 Å². The number of halogens is 1. The highest BCUT2D eigenvalue weighted by molar-refractivity contribution is 9.10. The second kappa shape index (κ2) is 6.17. The van der Waals surface area contributed by atoms with Crippen LogP contribution in [0.25, 0.3) is 0 Å². The van der Waals surface area contributed by atoms with Crippen LogP contribution in [-0.4, -0.2) is 6.54 Å². The quantitative estimate of drug-likeness (QED) is 0.904. The Hall–Kier alpha value is -1.12. The third kappa shape index (κ3) is 3.44. The molecule has 18 heavy (non-hydrogen) atoms. The van der Waals surface area contributed by atoms with E-state index in [2.05, 4.69) is 71.4 Å². The van der Waals surface area contributed by atoms with Crippen LogP contribution in [0.4, 0.5) is 0 Å². The van der Waals surface area contributed by atoms with E-state index in [4.69, 9.17) is 5.73 Å². The van der Waals surface area contributed by atoms with Crippen molar-refractivity contribution in [3.05, 3.63) is 69.7 Å². The molecule has 0 spiro atoms. The zero-order valence-corrected chi connectivity index (χ0v) is 12.2. The summed E-state index contributed by atoms with van der Waals surface area (Å²) in [6.07, 6.45) is 0.977. The van der Waals surface area contributed by atoms with Crippen LogP contribution in [-0.2, 0) is 6.42 Å². The zero-order chi connectivity index (χ0) is 13.0. The van der Waals surface area contributed by atoms with Gasteiger partial charge in [-0.3, -0.25) is 0 Å². The van der Waals surface area contributed by atoms with Gasteiger partial charge in [0, 0.05) is 4.47 Å². The molecule has 2 aromatic carbocycles. The first kappa shape index (κ1) is 13.3. The van der Waals surface area contributed by atoms with E-state index in [1.807, 2.05) is 0 Å². The van der Waals surface area contributed by atoms with Crippen molar-refractivity contribution >= 4 is 15.9 Å². The fourth-order valence-electron chi connectivity index (χ4n) is 1.94. The molecule has 2 rings (SSSR count). The normalized spacial score (nSPS) is 12.4. The molecule has 1 nitrogen and oxygen atoms in total. The maximum Gasteiger partial charge on any atom is 0.0175 e. The van der Waals surface area contributed by atoms with Crippen LogP contribution in [0.1, 0.15) is 29.5 Å². The van der Waals surface area contributed by atoms with Gasteiger partial charge in [-0.05, 0) is 47.7 Å². The molecular formula is C16H18BrN. The lowest BCUT2D eigenvalue weighted by atomic mass is 9.98. The number of nitrogens with two attached hydrogens (primary N) is 1. The molecule has 2 heteroatoms. The van der Waals surface area contributed by atoms with E-state index in [0.29, 0.717) is 12.5 Å². The number of hydrogen-bond donors (Lipinski definition) is 1. The van der Waals surface area contributed by atoms with Gasteiger partial charge < -0.3 is 5.73 Å². The van der Waals surface area contributed by atoms with Crippen molar-refractivity contribution in [3.8, 4) is 0 Å². The molecule has 0 amide bonds. The number of benzene rings is 2. The van der Waals surface area contributed by atoms with Gasteiger partial charge in [0.25, 0.3) is 0 Å². The van der Waals surface area contributed by atoms with E-state index in [1.165, 1.54) is 16.7 Å². The summed E-state index contributed by atoms with van der Waals surface area (Å²) in [5.74, 6) is 0.437. The minimum Gasteiger partial charge on any atom is -0.330 e. The highest BCUT2D eigenvalue weighted by Gasteiger charge is 2.03. The number of rotatable bonds is 4. The molecule has 2 aromatic rings. The molecule has 0 radical (unpaired) electrons. The van der Waals surface area contributed by atoms with Crippen LogP contribution < -0.4 is 5.73 Å². The van der Waals surface area contributed by atoms with Gasteiger partial charge in [-0.15, -0.1) is 0 Å². The Morgan fingerprint density at radius 2 is 1.44 bits per heavy atom. The first-order valence-corrected chi connectivity index (χ1v) is 7.01. The Morgan fingerprint density at radius 1 is 0.944 bits per heavy atom. The maximum absolute atomic E-state index is 5.68. The van der Waals surface area contributed by atoms with Crippen LogP contribution in [0.15, 0.2) is 53.0 Å². The van der Waals surface area contributed by atoms with Gasteiger partial charge in [-0.1, -0.05) is 59.3 Å². The van der Waals surface area contributed by atoms with E-state index in [1.54, 1.807) is 0 Å². The molecule has 1 atom stereocenters. The van der Waals surface area contributed by atoms with Crippen molar-refractivity contribution in [1.82, 2.24) is 0 Å². The number of hydrogen-bond acceptors (Lipinski definition) is 1. The fraction of sp³-hybridized carbons (Fsp3) is 0.250. The summed E-state index contributed by atoms with van der Waals surface area (Å²) in [6.45, 7) is 2.86. The Morgan fingerprint density at radius 3 is 1.94 bits per heavy atom. The summed E-state index contributed by atoms with van der Waals surface area (Å²) in [6, 6.07) is 17.2. The van der Waals surface area contributed by atoms with Gasteiger partial charge in [0.1, 0.15) is 0 Å². The first-order chi connectivity index (χ1) is 8.69.